The van der Waals surface area contributed by atoms with Gasteiger partial charge in [-0.2, -0.15) is 4.31 Å². The number of nitrogens with zero attached hydrogens (tertiary/aromatic N) is 2. The fraction of sp³-hybridized carbons (Fsp3) is 0.381. The minimum absolute atomic E-state index is 0.00264. The minimum Gasteiger partial charge on any atom is -0.334 e. The first kappa shape index (κ1) is 18.2. The largest absolute Gasteiger partial charge is 0.334 e. The van der Waals surface area contributed by atoms with Gasteiger partial charge in [-0.15, -0.1) is 0 Å². The van der Waals surface area contributed by atoms with Crippen LogP contribution >= 0.6 is 0 Å². The number of rotatable bonds is 3. The summed E-state index contributed by atoms with van der Waals surface area (Å²) in [5.41, 5.74) is 3.79. The first-order valence-electron chi connectivity index (χ1n) is 9.43. The molecule has 2 aliphatic rings. The zero-order chi connectivity index (χ0) is 19.0. The molecule has 0 N–H and O–H groups in total. The predicted molar refractivity (Wildman–Crippen MR) is 104 cm³/mol. The number of sulfonamides is 1. The van der Waals surface area contributed by atoms with Gasteiger partial charge in [-0.3, -0.25) is 4.79 Å². The van der Waals surface area contributed by atoms with Crippen molar-refractivity contribution in [2.75, 3.05) is 19.6 Å². The van der Waals surface area contributed by atoms with Gasteiger partial charge in [-0.25, -0.2) is 8.42 Å². The van der Waals surface area contributed by atoms with Crippen molar-refractivity contribution in [3.05, 3.63) is 64.7 Å². The zero-order valence-electron chi connectivity index (χ0n) is 15.5. The van der Waals surface area contributed by atoms with Crippen molar-refractivity contribution in [3.8, 4) is 0 Å². The first-order valence-corrected chi connectivity index (χ1v) is 10.9. The molecule has 27 heavy (non-hydrogen) atoms. The highest BCUT2D eigenvalue weighted by atomic mass is 32.2. The van der Waals surface area contributed by atoms with Crippen LogP contribution in [0.3, 0.4) is 0 Å². The summed E-state index contributed by atoms with van der Waals surface area (Å²) in [5, 5.41) is 0. The highest BCUT2D eigenvalue weighted by molar-refractivity contribution is 7.89. The van der Waals surface area contributed by atoms with E-state index in [9.17, 15) is 13.2 Å². The average Bonchev–Trinajstić information content (AvgIpc) is 3.22. The van der Waals surface area contributed by atoms with E-state index < -0.39 is 10.0 Å². The third-order valence-electron chi connectivity index (χ3n) is 5.45. The van der Waals surface area contributed by atoms with Crippen LogP contribution in [0.2, 0.25) is 0 Å². The molecule has 2 aliphatic heterocycles. The van der Waals surface area contributed by atoms with Crippen molar-refractivity contribution in [2.24, 2.45) is 0 Å². The van der Waals surface area contributed by atoms with Gasteiger partial charge in [0.1, 0.15) is 0 Å². The molecule has 0 radical (unpaired) electrons. The van der Waals surface area contributed by atoms with Crippen molar-refractivity contribution in [1.29, 1.82) is 0 Å². The Morgan fingerprint density at radius 1 is 0.963 bits per heavy atom. The number of benzene rings is 2. The number of fused-ring (bicyclic) bond motifs is 1. The van der Waals surface area contributed by atoms with E-state index in [0.29, 0.717) is 36.6 Å². The van der Waals surface area contributed by atoms with Gasteiger partial charge >= 0.3 is 0 Å². The third-order valence-corrected chi connectivity index (χ3v) is 7.34. The van der Waals surface area contributed by atoms with Gasteiger partial charge < -0.3 is 4.90 Å². The number of carbonyl (C=O) groups is 1. The Kier molecular flexibility index (Phi) is 4.78. The molecule has 2 aromatic carbocycles. The van der Waals surface area contributed by atoms with Crippen LogP contribution < -0.4 is 0 Å². The monoisotopic (exact) mass is 384 g/mol. The smallest absolute Gasteiger partial charge is 0.254 e. The Bertz CT molecular complexity index is 979. The molecule has 0 atom stereocenters. The number of hydrogen-bond donors (Lipinski definition) is 0. The lowest BCUT2D eigenvalue weighted by Gasteiger charge is -2.29. The molecular formula is C21H24N2O3S. The van der Waals surface area contributed by atoms with Crippen molar-refractivity contribution < 1.29 is 13.2 Å². The van der Waals surface area contributed by atoms with Crippen LogP contribution in [0.1, 0.15) is 39.9 Å². The summed E-state index contributed by atoms with van der Waals surface area (Å²) in [7, 11) is -3.44. The molecule has 2 aromatic rings. The molecule has 142 valence electrons. The van der Waals surface area contributed by atoms with E-state index in [1.54, 1.807) is 16.4 Å². The Labute approximate surface area is 160 Å². The van der Waals surface area contributed by atoms with Crippen molar-refractivity contribution in [3.63, 3.8) is 0 Å². The summed E-state index contributed by atoms with van der Waals surface area (Å²) in [4.78, 5) is 15.0. The molecule has 5 nitrogen and oxygen atoms in total. The van der Waals surface area contributed by atoms with E-state index in [2.05, 4.69) is 0 Å². The summed E-state index contributed by atoms with van der Waals surface area (Å²) >= 11 is 0. The van der Waals surface area contributed by atoms with Gasteiger partial charge in [0.15, 0.2) is 0 Å². The number of amides is 1. The average molecular weight is 385 g/mol. The highest BCUT2D eigenvalue weighted by Gasteiger charge is 2.29. The molecule has 0 unspecified atom stereocenters. The Morgan fingerprint density at radius 2 is 1.74 bits per heavy atom. The number of hydrogen-bond acceptors (Lipinski definition) is 3. The van der Waals surface area contributed by atoms with Crippen molar-refractivity contribution in [1.82, 2.24) is 9.21 Å². The summed E-state index contributed by atoms with van der Waals surface area (Å²) < 4.78 is 27.2. The highest BCUT2D eigenvalue weighted by Crippen LogP contribution is 2.27. The summed E-state index contributed by atoms with van der Waals surface area (Å²) in [5.74, 6) is -0.00264. The molecule has 0 aliphatic carbocycles. The van der Waals surface area contributed by atoms with Crippen LogP contribution in [-0.2, 0) is 23.0 Å². The summed E-state index contributed by atoms with van der Waals surface area (Å²) in [6, 6.07) is 13.0. The molecule has 0 saturated carbocycles. The minimum atomic E-state index is -3.44. The van der Waals surface area contributed by atoms with Gasteiger partial charge in [-0.05, 0) is 61.6 Å². The lowest BCUT2D eigenvalue weighted by Crippen LogP contribution is -2.36. The van der Waals surface area contributed by atoms with E-state index >= 15 is 0 Å². The summed E-state index contributed by atoms with van der Waals surface area (Å²) in [6.07, 6.45) is 2.59. The second-order valence-electron chi connectivity index (χ2n) is 7.39. The van der Waals surface area contributed by atoms with Gasteiger partial charge in [0.25, 0.3) is 5.91 Å². The normalized spacial score (nSPS) is 17.7. The van der Waals surface area contributed by atoms with Crippen LogP contribution in [0.25, 0.3) is 0 Å². The zero-order valence-corrected chi connectivity index (χ0v) is 16.3. The molecule has 1 amide bonds. The van der Waals surface area contributed by atoms with E-state index in [1.807, 2.05) is 42.2 Å². The van der Waals surface area contributed by atoms with E-state index in [-0.39, 0.29) is 5.91 Å². The SMILES string of the molecule is Cc1cccc(C(=O)N2CCc3ccc(S(=O)(=O)N4CCCC4)cc3C2)c1. The number of carbonyl (C=O) groups excluding carboxylic acids is 1. The topological polar surface area (TPSA) is 57.7 Å². The molecule has 1 fully saturated rings. The van der Waals surface area contributed by atoms with E-state index in [0.717, 1.165) is 36.0 Å². The second-order valence-corrected chi connectivity index (χ2v) is 9.33. The Hall–Kier alpha value is -2.18. The van der Waals surface area contributed by atoms with Gasteiger partial charge in [0.05, 0.1) is 4.90 Å². The van der Waals surface area contributed by atoms with Gasteiger partial charge in [-0.1, -0.05) is 23.8 Å². The van der Waals surface area contributed by atoms with E-state index in [4.69, 9.17) is 0 Å². The lowest BCUT2D eigenvalue weighted by atomic mass is 9.99. The maximum atomic E-state index is 12.9. The molecule has 6 heteroatoms. The molecule has 0 aromatic heterocycles. The molecule has 2 heterocycles. The molecule has 1 saturated heterocycles. The summed E-state index contributed by atoms with van der Waals surface area (Å²) in [6.45, 7) is 4.26. The first-order chi connectivity index (χ1) is 12.9. The van der Waals surface area contributed by atoms with Crippen LogP contribution in [0, 0.1) is 6.92 Å². The third kappa shape index (κ3) is 3.51. The van der Waals surface area contributed by atoms with Crippen molar-refractivity contribution >= 4 is 15.9 Å². The van der Waals surface area contributed by atoms with E-state index in [1.165, 1.54) is 0 Å². The standard InChI is InChI=1S/C21H24N2O3S/c1-16-5-4-6-18(13-16)21(24)22-12-9-17-7-8-20(14-19(17)15-22)27(25,26)23-10-2-3-11-23/h4-8,13-14H,2-3,9-12,15H2,1H3. The molecule has 4 rings (SSSR count). The van der Waals surface area contributed by atoms with Crippen LogP contribution in [0.5, 0.6) is 0 Å². The molecular weight excluding hydrogens is 360 g/mol. The molecule has 0 spiro atoms. The maximum absolute atomic E-state index is 12.9. The lowest BCUT2D eigenvalue weighted by molar-refractivity contribution is 0.0734. The fourth-order valence-corrected chi connectivity index (χ4v) is 5.47. The quantitative estimate of drug-likeness (QED) is 0.817. The van der Waals surface area contributed by atoms with Gasteiger partial charge in [0.2, 0.25) is 10.0 Å². The fourth-order valence-electron chi connectivity index (χ4n) is 3.91. The number of aryl methyl sites for hydroxylation is 1. The second kappa shape index (κ2) is 7.09. The van der Waals surface area contributed by atoms with Crippen LogP contribution in [-0.4, -0.2) is 43.2 Å². The van der Waals surface area contributed by atoms with Crippen LogP contribution in [0.4, 0.5) is 0 Å². The van der Waals surface area contributed by atoms with Crippen molar-refractivity contribution in [2.45, 2.75) is 37.6 Å². The predicted octanol–water partition coefficient (Wildman–Crippen LogP) is 2.98. The maximum Gasteiger partial charge on any atom is 0.254 e. The Morgan fingerprint density at radius 3 is 2.48 bits per heavy atom. The molecule has 0 bridgehead atoms. The van der Waals surface area contributed by atoms with Crippen LogP contribution in [0.15, 0.2) is 47.4 Å². The van der Waals surface area contributed by atoms with Gasteiger partial charge in [0, 0.05) is 31.7 Å². The Balaban J connectivity index is 1.59.